The molecule has 0 radical (unpaired) electrons. The van der Waals surface area contributed by atoms with Gasteiger partial charge in [-0.15, -0.1) is 0 Å². The number of aromatic hydroxyl groups is 2. The van der Waals surface area contributed by atoms with E-state index in [0.717, 1.165) is 6.07 Å². The highest BCUT2D eigenvalue weighted by atomic mass is 79.9. The highest BCUT2D eigenvalue weighted by Crippen LogP contribution is 2.50. The summed E-state index contributed by atoms with van der Waals surface area (Å²) in [6, 6.07) is 9.23. The summed E-state index contributed by atoms with van der Waals surface area (Å²) in [5.74, 6) is -3.52. The second-order valence-corrected chi connectivity index (χ2v) is 6.23. The zero-order valence-electron chi connectivity index (χ0n) is 13.0. The number of phenolic OH excluding ortho intramolecular Hbond substituents is 2. The molecule has 0 saturated heterocycles. The van der Waals surface area contributed by atoms with Gasteiger partial charge in [0.2, 0.25) is 5.91 Å². The van der Waals surface area contributed by atoms with Crippen molar-refractivity contribution in [1.82, 2.24) is 5.48 Å². The van der Waals surface area contributed by atoms with Crippen LogP contribution in [0.2, 0.25) is 0 Å². The third-order valence-electron chi connectivity index (χ3n) is 3.58. The largest absolute Gasteiger partial charge is 0.508 e. The summed E-state index contributed by atoms with van der Waals surface area (Å²) in [5.41, 5.74) is 2.60. The number of rotatable bonds is 3. The van der Waals surface area contributed by atoms with Crippen LogP contribution in [-0.4, -0.2) is 21.2 Å². The molecule has 1 unspecified atom stereocenters. The first-order valence-electron chi connectivity index (χ1n) is 7.18. The van der Waals surface area contributed by atoms with E-state index in [1.165, 1.54) is 19.3 Å². The van der Waals surface area contributed by atoms with Gasteiger partial charge in [0.1, 0.15) is 29.1 Å². The van der Waals surface area contributed by atoms with Gasteiger partial charge in [-0.05, 0) is 6.07 Å². The summed E-state index contributed by atoms with van der Waals surface area (Å²) in [4.78, 5) is 16.5. The monoisotopic (exact) mass is 407 g/mol. The minimum absolute atomic E-state index is 0.0128. The fraction of sp³-hybridized carbons (Fsp3) is 0.118. The van der Waals surface area contributed by atoms with E-state index in [0.29, 0.717) is 10.0 Å². The SMILES string of the molecule is CC(=O)NOC1(O)C(c2ccccc2Br)=COc2cc(O)cc(O)c21. The summed E-state index contributed by atoms with van der Waals surface area (Å²) >= 11 is 3.38. The van der Waals surface area contributed by atoms with E-state index in [2.05, 4.69) is 21.4 Å². The normalized spacial score (nSPS) is 18.8. The number of hydroxylamine groups is 1. The van der Waals surface area contributed by atoms with Gasteiger partial charge in [0.15, 0.2) is 0 Å². The number of aliphatic hydroxyl groups is 1. The van der Waals surface area contributed by atoms with E-state index < -0.39 is 17.4 Å². The summed E-state index contributed by atoms with van der Waals surface area (Å²) in [6.45, 7) is 1.21. The van der Waals surface area contributed by atoms with Crippen molar-refractivity contribution in [3.05, 3.63) is 58.3 Å². The predicted molar refractivity (Wildman–Crippen MR) is 91.3 cm³/mol. The number of ether oxygens (including phenoxy) is 1. The molecule has 1 atom stereocenters. The maximum absolute atomic E-state index is 11.3. The molecule has 25 heavy (non-hydrogen) atoms. The lowest BCUT2D eigenvalue weighted by atomic mass is 9.90. The van der Waals surface area contributed by atoms with Crippen molar-refractivity contribution in [1.29, 1.82) is 0 Å². The minimum atomic E-state index is -2.25. The van der Waals surface area contributed by atoms with Crippen LogP contribution < -0.4 is 10.2 Å². The molecule has 1 aliphatic rings. The van der Waals surface area contributed by atoms with E-state index in [1.54, 1.807) is 24.3 Å². The summed E-state index contributed by atoms with van der Waals surface area (Å²) in [7, 11) is 0. The van der Waals surface area contributed by atoms with E-state index in [4.69, 9.17) is 9.57 Å². The number of hydrogen-bond acceptors (Lipinski definition) is 6. The smallest absolute Gasteiger partial charge is 0.254 e. The van der Waals surface area contributed by atoms with Crippen molar-refractivity contribution in [2.45, 2.75) is 12.7 Å². The number of amides is 1. The fourth-order valence-electron chi connectivity index (χ4n) is 2.53. The summed E-state index contributed by atoms with van der Waals surface area (Å²) in [6.07, 6.45) is 1.23. The maximum Gasteiger partial charge on any atom is 0.254 e. The number of carbonyl (C=O) groups excluding carboxylic acids is 1. The third-order valence-corrected chi connectivity index (χ3v) is 4.27. The van der Waals surface area contributed by atoms with Gasteiger partial charge in [0.25, 0.3) is 5.79 Å². The van der Waals surface area contributed by atoms with Crippen molar-refractivity contribution in [2.75, 3.05) is 0 Å². The zero-order valence-corrected chi connectivity index (χ0v) is 14.6. The Hall–Kier alpha value is -2.55. The molecule has 1 amide bonds. The van der Waals surface area contributed by atoms with Crippen LogP contribution in [0.4, 0.5) is 0 Å². The predicted octanol–water partition coefficient (Wildman–Crippen LogP) is 2.51. The van der Waals surface area contributed by atoms with Crippen molar-refractivity contribution < 1.29 is 29.7 Å². The van der Waals surface area contributed by atoms with Crippen LogP contribution in [0.1, 0.15) is 18.1 Å². The average Bonchev–Trinajstić information content (AvgIpc) is 2.53. The van der Waals surface area contributed by atoms with Crippen molar-refractivity contribution >= 4 is 27.4 Å². The van der Waals surface area contributed by atoms with Crippen LogP contribution >= 0.6 is 15.9 Å². The Bertz CT molecular complexity index is 881. The number of fused-ring (bicyclic) bond motifs is 1. The van der Waals surface area contributed by atoms with Crippen LogP contribution in [0.3, 0.4) is 0 Å². The second kappa shape index (κ2) is 6.40. The zero-order chi connectivity index (χ0) is 18.2. The van der Waals surface area contributed by atoms with Crippen molar-refractivity contribution in [2.24, 2.45) is 0 Å². The molecule has 0 aromatic heterocycles. The van der Waals surface area contributed by atoms with Gasteiger partial charge in [-0.25, -0.2) is 10.3 Å². The van der Waals surface area contributed by atoms with Crippen LogP contribution in [0.15, 0.2) is 47.1 Å². The summed E-state index contributed by atoms with van der Waals surface area (Å²) < 4.78 is 6.09. The van der Waals surface area contributed by atoms with E-state index in [-0.39, 0.29) is 22.6 Å². The molecule has 0 bridgehead atoms. The molecular weight excluding hydrogens is 394 g/mol. The average molecular weight is 408 g/mol. The molecule has 2 aromatic rings. The molecule has 3 rings (SSSR count). The van der Waals surface area contributed by atoms with Gasteiger partial charge < -0.3 is 20.1 Å². The van der Waals surface area contributed by atoms with Crippen LogP contribution in [0.5, 0.6) is 17.2 Å². The number of benzene rings is 2. The highest BCUT2D eigenvalue weighted by molar-refractivity contribution is 9.10. The van der Waals surface area contributed by atoms with Crippen LogP contribution in [0.25, 0.3) is 5.57 Å². The first-order valence-corrected chi connectivity index (χ1v) is 7.98. The quantitative estimate of drug-likeness (QED) is 0.459. The molecular formula is C17H14BrNO6. The Morgan fingerprint density at radius 1 is 1.28 bits per heavy atom. The molecule has 130 valence electrons. The molecule has 0 fully saturated rings. The number of phenols is 2. The molecule has 0 aliphatic carbocycles. The third kappa shape index (κ3) is 3.07. The Morgan fingerprint density at radius 2 is 2.00 bits per heavy atom. The molecule has 1 aliphatic heterocycles. The lowest BCUT2D eigenvalue weighted by molar-refractivity contribution is -0.211. The van der Waals surface area contributed by atoms with Gasteiger partial charge in [0, 0.05) is 29.1 Å². The van der Waals surface area contributed by atoms with Gasteiger partial charge in [0.05, 0.1) is 5.57 Å². The van der Waals surface area contributed by atoms with Crippen molar-refractivity contribution in [3.8, 4) is 17.2 Å². The second-order valence-electron chi connectivity index (χ2n) is 5.37. The number of hydrogen-bond donors (Lipinski definition) is 4. The molecule has 1 heterocycles. The van der Waals surface area contributed by atoms with Crippen molar-refractivity contribution in [3.63, 3.8) is 0 Å². The van der Waals surface area contributed by atoms with E-state index in [9.17, 15) is 20.1 Å². The molecule has 0 spiro atoms. The van der Waals surface area contributed by atoms with Gasteiger partial charge in [-0.2, -0.15) is 0 Å². The molecule has 4 N–H and O–H groups in total. The van der Waals surface area contributed by atoms with E-state index >= 15 is 0 Å². The van der Waals surface area contributed by atoms with Gasteiger partial charge in [-0.3, -0.25) is 4.79 Å². The topological polar surface area (TPSA) is 108 Å². The molecule has 2 aromatic carbocycles. The van der Waals surface area contributed by atoms with Gasteiger partial charge in [-0.1, -0.05) is 34.1 Å². The number of halogens is 1. The minimum Gasteiger partial charge on any atom is -0.508 e. The number of nitrogens with one attached hydrogen (secondary N) is 1. The van der Waals surface area contributed by atoms with Crippen LogP contribution in [-0.2, 0) is 15.4 Å². The molecule has 7 nitrogen and oxygen atoms in total. The Balaban J connectivity index is 2.20. The lowest BCUT2D eigenvalue weighted by Gasteiger charge is -2.35. The van der Waals surface area contributed by atoms with Gasteiger partial charge >= 0.3 is 0 Å². The Kier molecular flexibility index (Phi) is 4.42. The highest BCUT2D eigenvalue weighted by Gasteiger charge is 2.46. The maximum atomic E-state index is 11.3. The Morgan fingerprint density at radius 3 is 2.68 bits per heavy atom. The van der Waals surface area contributed by atoms with Crippen LogP contribution in [0, 0.1) is 0 Å². The fourth-order valence-corrected chi connectivity index (χ4v) is 3.03. The first kappa shape index (κ1) is 17.3. The van der Waals surface area contributed by atoms with E-state index in [1.807, 2.05) is 0 Å². The lowest BCUT2D eigenvalue weighted by Crippen LogP contribution is -2.40. The standard InChI is InChI=1S/C17H14BrNO6/c1-9(20)19-25-17(23)12(11-4-2-3-5-13(11)18)8-24-15-7-10(21)6-14(22)16(15)17/h2-8,21-23H,1H3,(H,19,20). The molecule has 0 saturated carbocycles. The first-order chi connectivity index (χ1) is 11.8. The Labute approximate surface area is 151 Å². The summed E-state index contributed by atoms with van der Waals surface area (Å²) in [5, 5.41) is 31.1. The molecule has 8 heteroatoms. The number of carbonyl (C=O) groups is 1.